The molecule has 2 saturated carbocycles. The second kappa shape index (κ2) is 2.13. The Balaban J connectivity index is 1.93. The fraction of sp³-hybridized carbons (Fsp3) is 0.727. The van der Waals surface area contributed by atoms with Crippen LogP contribution in [0.4, 0.5) is 0 Å². The van der Waals surface area contributed by atoms with Gasteiger partial charge >= 0.3 is 0 Å². The van der Waals surface area contributed by atoms with Gasteiger partial charge in [0.15, 0.2) is 0 Å². The van der Waals surface area contributed by atoms with Crippen LogP contribution in [0.25, 0.3) is 0 Å². The molecule has 1 heteroatoms. The van der Waals surface area contributed by atoms with Crippen LogP contribution in [0.2, 0.25) is 0 Å². The number of rotatable bonds is 0. The lowest BCUT2D eigenvalue weighted by Gasteiger charge is -2.27. The van der Waals surface area contributed by atoms with Gasteiger partial charge in [0.05, 0.1) is 6.07 Å². The van der Waals surface area contributed by atoms with E-state index >= 15 is 0 Å². The first-order valence-corrected chi connectivity index (χ1v) is 4.96. The van der Waals surface area contributed by atoms with Gasteiger partial charge in [-0.3, -0.25) is 0 Å². The number of nitriles is 1. The van der Waals surface area contributed by atoms with Crippen LogP contribution in [0.15, 0.2) is 12.2 Å². The second-order valence-corrected chi connectivity index (χ2v) is 4.54. The van der Waals surface area contributed by atoms with E-state index < -0.39 is 0 Å². The zero-order valence-electron chi connectivity index (χ0n) is 7.11. The Labute approximate surface area is 73.1 Å². The minimum atomic E-state index is 0.388. The maximum atomic E-state index is 8.93. The van der Waals surface area contributed by atoms with E-state index in [9.17, 15) is 0 Å². The van der Waals surface area contributed by atoms with E-state index in [0.29, 0.717) is 5.92 Å². The van der Waals surface area contributed by atoms with E-state index in [0.717, 1.165) is 23.7 Å². The highest BCUT2D eigenvalue weighted by Gasteiger charge is 2.52. The monoisotopic (exact) mass is 159 g/mol. The van der Waals surface area contributed by atoms with Crippen LogP contribution in [0.1, 0.15) is 19.3 Å². The van der Waals surface area contributed by atoms with Gasteiger partial charge in [-0.2, -0.15) is 5.26 Å². The molecule has 0 aromatic carbocycles. The maximum absolute atomic E-state index is 8.93. The van der Waals surface area contributed by atoms with Crippen LogP contribution < -0.4 is 0 Å². The summed E-state index contributed by atoms with van der Waals surface area (Å²) in [6, 6.07) is 2.47. The summed E-state index contributed by atoms with van der Waals surface area (Å²) in [5, 5.41) is 8.93. The molecule has 2 bridgehead atoms. The molecule has 3 aliphatic rings. The molecule has 5 unspecified atom stereocenters. The van der Waals surface area contributed by atoms with Crippen molar-refractivity contribution in [2.45, 2.75) is 19.3 Å². The molecule has 0 spiro atoms. The Morgan fingerprint density at radius 1 is 1.25 bits per heavy atom. The normalized spacial score (nSPS) is 54.1. The molecule has 0 aliphatic heterocycles. The molecule has 0 aromatic rings. The molecular weight excluding hydrogens is 146 g/mol. The first-order chi connectivity index (χ1) is 5.90. The van der Waals surface area contributed by atoms with Gasteiger partial charge in [0.2, 0.25) is 0 Å². The van der Waals surface area contributed by atoms with E-state index in [-0.39, 0.29) is 0 Å². The van der Waals surface area contributed by atoms with Crippen molar-refractivity contribution >= 4 is 0 Å². The van der Waals surface area contributed by atoms with Gasteiger partial charge < -0.3 is 0 Å². The SMILES string of the molecule is N#CC1CC2CC1C1C=CCC21. The largest absolute Gasteiger partial charge is 0.198 e. The number of nitrogens with zero attached hydrogens (tertiary/aromatic N) is 1. The molecule has 0 radical (unpaired) electrons. The van der Waals surface area contributed by atoms with E-state index in [2.05, 4.69) is 18.2 Å². The van der Waals surface area contributed by atoms with Crippen LogP contribution in [0.3, 0.4) is 0 Å². The molecule has 0 heterocycles. The third-order valence-electron chi connectivity index (χ3n) is 4.18. The van der Waals surface area contributed by atoms with Crippen molar-refractivity contribution in [2.75, 3.05) is 0 Å². The lowest BCUT2D eigenvalue weighted by Crippen LogP contribution is -2.23. The third-order valence-corrected chi connectivity index (χ3v) is 4.18. The van der Waals surface area contributed by atoms with Crippen LogP contribution >= 0.6 is 0 Å². The quantitative estimate of drug-likeness (QED) is 0.498. The van der Waals surface area contributed by atoms with Crippen LogP contribution in [0, 0.1) is 40.9 Å². The Kier molecular flexibility index (Phi) is 1.19. The first kappa shape index (κ1) is 6.71. The number of allylic oxidation sites excluding steroid dienone is 2. The van der Waals surface area contributed by atoms with Gasteiger partial charge in [0.25, 0.3) is 0 Å². The fourth-order valence-electron chi connectivity index (χ4n) is 3.69. The first-order valence-electron chi connectivity index (χ1n) is 4.96. The molecule has 0 N–H and O–H groups in total. The molecular formula is C11H13N. The molecule has 62 valence electrons. The minimum absolute atomic E-state index is 0.388. The van der Waals surface area contributed by atoms with Crippen molar-refractivity contribution in [2.24, 2.45) is 29.6 Å². The topological polar surface area (TPSA) is 23.8 Å². The van der Waals surface area contributed by atoms with Crippen molar-refractivity contribution in [1.29, 1.82) is 5.26 Å². The third kappa shape index (κ3) is 0.641. The van der Waals surface area contributed by atoms with Crippen LogP contribution in [0.5, 0.6) is 0 Å². The molecule has 3 aliphatic carbocycles. The molecule has 1 nitrogen and oxygen atoms in total. The summed E-state index contributed by atoms with van der Waals surface area (Å²) in [7, 11) is 0. The zero-order chi connectivity index (χ0) is 8.13. The highest BCUT2D eigenvalue weighted by atomic mass is 14.6. The molecule has 2 fully saturated rings. The highest BCUT2D eigenvalue weighted by Crippen LogP contribution is 2.58. The fourth-order valence-corrected chi connectivity index (χ4v) is 3.69. The van der Waals surface area contributed by atoms with Gasteiger partial charge in [0.1, 0.15) is 0 Å². The number of hydrogen-bond acceptors (Lipinski definition) is 1. The maximum Gasteiger partial charge on any atom is 0.0659 e. The summed E-state index contributed by atoms with van der Waals surface area (Å²) in [5.41, 5.74) is 0. The standard InChI is InChI=1S/C11H13N/c12-6-8-4-7-5-11(8)10-3-1-2-9(7)10/h1,3,7-11H,2,4-5H2. The van der Waals surface area contributed by atoms with Gasteiger partial charge in [-0.1, -0.05) is 12.2 Å². The Morgan fingerprint density at radius 3 is 3.00 bits per heavy atom. The van der Waals surface area contributed by atoms with Crippen molar-refractivity contribution in [1.82, 2.24) is 0 Å². The molecule has 5 atom stereocenters. The molecule has 0 amide bonds. The van der Waals surface area contributed by atoms with Crippen LogP contribution in [-0.2, 0) is 0 Å². The average Bonchev–Trinajstić information content (AvgIpc) is 2.75. The predicted molar refractivity (Wildman–Crippen MR) is 46.1 cm³/mol. The number of fused-ring (bicyclic) bond motifs is 5. The van der Waals surface area contributed by atoms with Gasteiger partial charge in [0, 0.05) is 5.92 Å². The van der Waals surface area contributed by atoms with E-state index in [1.165, 1.54) is 19.3 Å². The van der Waals surface area contributed by atoms with Crippen molar-refractivity contribution in [3.05, 3.63) is 12.2 Å². The van der Waals surface area contributed by atoms with E-state index in [1.807, 2.05) is 0 Å². The van der Waals surface area contributed by atoms with Crippen molar-refractivity contribution < 1.29 is 0 Å². The Morgan fingerprint density at radius 2 is 2.17 bits per heavy atom. The van der Waals surface area contributed by atoms with Gasteiger partial charge in [-0.05, 0) is 42.9 Å². The second-order valence-electron chi connectivity index (χ2n) is 4.54. The summed E-state index contributed by atoms with van der Waals surface area (Å²) in [6.45, 7) is 0. The summed E-state index contributed by atoms with van der Waals surface area (Å²) in [4.78, 5) is 0. The summed E-state index contributed by atoms with van der Waals surface area (Å²) >= 11 is 0. The number of hydrogen-bond donors (Lipinski definition) is 0. The summed E-state index contributed by atoms with van der Waals surface area (Å²) in [5.74, 6) is 3.72. The Bertz CT molecular complexity index is 273. The van der Waals surface area contributed by atoms with Gasteiger partial charge in [-0.25, -0.2) is 0 Å². The van der Waals surface area contributed by atoms with E-state index in [4.69, 9.17) is 5.26 Å². The Hall–Kier alpha value is -0.770. The van der Waals surface area contributed by atoms with E-state index in [1.54, 1.807) is 0 Å². The minimum Gasteiger partial charge on any atom is -0.198 e. The molecule has 12 heavy (non-hydrogen) atoms. The molecule has 0 saturated heterocycles. The lowest BCUT2D eigenvalue weighted by molar-refractivity contribution is 0.246. The van der Waals surface area contributed by atoms with Gasteiger partial charge in [-0.15, -0.1) is 0 Å². The van der Waals surface area contributed by atoms with Crippen molar-refractivity contribution in [3.63, 3.8) is 0 Å². The predicted octanol–water partition coefficient (Wildman–Crippen LogP) is 2.36. The highest BCUT2D eigenvalue weighted by molar-refractivity contribution is 5.16. The average molecular weight is 159 g/mol. The smallest absolute Gasteiger partial charge is 0.0659 e. The van der Waals surface area contributed by atoms with Crippen molar-refractivity contribution in [3.8, 4) is 6.07 Å². The van der Waals surface area contributed by atoms with Crippen LogP contribution in [-0.4, -0.2) is 0 Å². The lowest BCUT2D eigenvalue weighted by atomic mass is 9.76. The zero-order valence-corrected chi connectivity index (χ0v) is 7.11. The molecule has 0 aromatic heterocycles. The summed E-state index contributed by atoms with van der Waals surface area (Å²) < 4.78 is 0. The summed E-state index contributed by atoms with van der Waals surface area (Å²) in [6.07, 6.45) is 8.54. The molecule has 3 rings (SSSR count).